The van der Waals surface area contributed by atoms with Gasteiger partial charge in [-0.3, -0.25) is 9.78 Å². The van der Waals surface area contributed by atoms with Crippen molar-refractivity contribution in [2.75, 3.05) is 14.2 Å². The van der Waals surface area contributed by atoms with Crippen molar-refractivity contribution in [3.8, 4) is 22.9 Å². The Morgan fingerprint density at radius 2 is 1.65 bits per heavy atom. The third-order valence-electron chi connectivity index (χ3n) is 5.20. The molecule has 5 rings (SSSR count). The fraction of sp³-hybridized carbons (Fsp3) is 0.0870. The number of rotatable bonds is 5. The summed E-state index contributed by atoms with van der Waals surface area (Å²) >= 11 is 0. The second-order valence-corrected chi connectivity index (χ2v) is 6.90. The van der Waals surface area contributed by atoms with Crippen LogP contribution in [-0.2, 0) is 0 Å². The number of fused-ring (bicyclic) bond motifs is 2. The Hall–Kier alpha value is -4.33. The van der Waals surface area contributed by atoms with Gasteiger partial charge < -0.3 is 9.47 Å². The van der Waals surface area contributed by atoms with Gasteiger partial charge in [0.2, 0.25) is 11.6 Å². The Labute approximate surface area is 176 Å². The summed E-state index contributed by atoms with van der Waals surface area (Å²) in [6.07, 6.45) is 1.58. The van der Waals surface area contributed by atoms with Crippen LogP contribution in [0.15, 0.2) is 60.8 Å². The number of tetrazole rings is 1. The number of hydrogen-bond donors (Lipinski definition) is 1. The van der Waals surface area contributed by atoms with Crippen molar-refractivity contribution in [1.82, 2.24) is 25.6 Å². The van der Waals surface area contributed by atoms with Crippen LogP contribution in [0.5, 0.6) is 11.5 Å². The lowest BCUT2D eigenvalue weighted by Gasteiger charge is -2.13. The predicted molar refractivity (Wildman–Crippen MR) is 115 cm³/mol. The fourth-order valence-corrected chi connectivity index (χ4v) is 3.67. The first kappa shape index (κ1) is 18.7. The molecule has 0 bridgehead atoms. The molecule has 1 N–H and O–H groups in total. The number of ether oxygens (including phenoxy) is 2. The molecule has 0 saturated heterocycles. The summed E-state index contributed by atoms with van der Waals surface area (Å²) < 4.78 is 10.9. The quantitative estimate of drug-likeness (QED) is 0.439. The molecule has 0 aliphatic carbocycles. The van der Waals surface area contributed by atoms with E-state index in [2.05, 4.69) is 25.6 Å². The van der Waals surface area contributed by atoms with Gasteiger partial charge in [0.05, 0.1) is 14.2 Å². The van der Waals surface area contributed by atoms with Crippen LogP contribution >= 0.6 is 0 Å². The highest BCUT2D eigenvalue weighted by molar-refractivity contribution is 6.17. The van der Waals surface area contributed by atoms with Gasteiger partial charge in [-0.05, 0) is 34.2 Å². The lowest BCUT2D eigenvalue weighted by Crippen LogP contribution is -2.06. The van der Waals surface area contributed by atoms with Gasteiger partial charge in [-0.15, -0.1) is 10.2 Å². The Kier molecular flexibility index (Phi) is 4.51. The first-order valence-corrected chi connectivity index (χ1v) is 9.51. The van der Waals surface area contributed by atoms with E-state index in [1.807, 2.05) is 42.5 Å². The van der Waals surface area contributed by atoms with E-state index in [0.29, 0.717) is 44.9 Å². The second kappa shape index (κ2) is 7.49. The van der Waals surface area contributed by atoms with Crippen molar-refractivity contribution in [2.45, 2.75) is 0 Å². The van der Waals surface area contributed by atoms with Crippen LogP contribution in [0.4, 0.5) is 0 Å². The largest absolute Gasteiger partial charge is 0.493 e. The molecular weight excluding hydrogens is 394 g/mol. The van der Waals surface area contributed by atoms with Gasteiger partial charge in [0.25, 0.3) is 0 Å². The summed E-state index contributed by atoms with van der Waals surface area (Å²) in [4.78, 5) is 18.0. The van der Waals surface area contributed by atoms with Crippen molar-refractivity contribution in [3.63, 3.8) is 0 Å². The van der Waals surface area contributed by atoms with Crippen LogP contribution in [0.25, 0.3) is 32.9 Å². The van der Waals surface area contributed by atoms with E-state index < -0.39 is 0 Å². The van der Waals surface area contributed by atoms with E-state index >= 15 is 0 Å². The van der Waals surface area contributed by atoms with Crippen molar-refractivity contribution in [3.05, 3.63) is 72.1 Å². The van der Waals surface area contributed by atoms with Crippen molar-refractivity contribution < 1.29 is 14.3 Å². The lowest BCUT2D eigenvalue weighted by atomic mass is 9.97. The number of aromatic nitrogens is 5. The summed E-state index contributed by atoms with van der Waals surface area (Å²) in [6, 6.07) is 17.1. The van der Waals surface area contributed by atoms with E-state index in [9.17, 15) is 4.79 Å². The summed E-state index contributed by atoms with van der Waals surface area (Å²) in [5.41, 5.74) is 1.48. The van der Waals surface area contributed by atoms with Crippen LogP contribution in [0.3, 0.4) is 0 Å². The van der Waals surface area contributed by atoms with Crippen molar-refractivity contribution in [2.24, 2.45) is 0 Å². The van der Waals surface area contributed by atoms with Crippen LogP contribution in [0, 0.1) is 0 Å². The Morgan fingerprint density at radius 3 is 2.35 bits per heavy atom. The Morgan fingerprint density at radius 1 is 0.903 bits per heavy atom. The highest BCUT2D eigenvalue weighted by Gasteiger charge is 2.21. The minimum absolute atomic E-state index is 0.192. The minimum Gasteiger partial charge on any atom is -0.493 e. The van der Waals surface area contributed by atoms with E-state index in [-0.39, 0.29) is 5.78 Å². The highest BCUT2D eigenvalue weighted by atomic mass is 16.5. The SMILES string of the molecule is COc1cc2c(-c3nn[nH]n3)cnc(C(=O)c3ccc4ccccc4c3)c2cc1OC. The molecular formula is C23H17N5O3. The van der Waals surface area contributed by atoms with E-state index in [1.165, 1.54) is 0 Å². The molecule has 0 spiro atoms. The molecule has 0 aliphatic rings. The van der Waals surface area contributed by atoms with E-state index in [0.717, 1.165) is 10.8 Å². The standard InChI is InChI=1S/C23H17N5O3/c1-30-19-10-16-17(11-20(19)31-2)21(24-12-18(16)23-25-27-28-26-23)22(29)15-8-7-13-5-3-4-6-14(13)9-15/h3-12H,1-2H3,(H,25,26,27,28). The molecule has 8 nitrogen and oxygen atoms in total. The number of aromatic amines is 1. The average Bonchev–Trinajstić information content (AvgIpc) is 3.36. The molecule has 0 amide bonds. The number of benzene rings is 3. The molecule has 3 aromatic carbocycles. The number of pyridine rings is 1. The maximum Gasteiger partial charge on any atom is 0.211 e. The zero-order valence-electron chi connectivity index (χ0n) is 16.8. The molecule has 0 fully saturated rings. The van der Waals surface area contributed by atoms with Gasteiger partial charge in [-0.1, -0.05) is 36.4 Å². The first-order chi connectivity index (χ1) is 15.2. The fourth-order valence-electron chi connectivity index (χ4n) is 3.67. The summed E-state index contributed by atoms with van der Waals surface area (Å²) in [7, 11) is 3.10. The molecule has 0 unspecified atom stereocenters. The molecule has 0 radical (unpaired) electrons. The monoisotopic (exact) mass is 411 g/mol. The number of nitrogens with zero attached hydrogens (tertiary/aromatic N) is 4. The van der Waals surface area contributed by atoms with Crippen LogP contribution in [-0.4, -0.2) is 45.6 Å². The predicted octanol–water partition coefficient (Wildman–Crippen LogP) is 3.82. The zero-order valence-corrected chi connectivity index (χ0v) is 16.8. The van der Waals surface area contributed by atoms with Gasteiger partial charge in [0.15, 0.2) is 11.5 Å². The maximum absolute atomic E-state index is 13.5. The molecule has 2 heterocycles. The molecule has 0 aliphatic heterocycles. The first-order valence-electron chi connectivity index (χ1n) is 9.51. The molecule has 0 atom stereocenters. The molecule has 5 aromatic rings. The van der Waals surface area contributed by atoms with Crippen LogP contribution < -0.4 is 9.47 Å². The normalized spacial score (nSPS) is 11.0. The van der Waals surface area contributed by atoms with Crippen LogP contribution in [0.2, 0.25) is 0 Å². The van der Waals surface area contributed by atoms with Gasteiger partial charge in [-0.2, -0.15) is 5.21 Å². The highest BCUT2D eigenvalue weighted by Crippen LogP contribution is 2.37. The van der Waals surface area contributed by atoms with Gasteiger partial charge in [0.1, 0.15) is 5.69 Å². The Balaban J connectivity index is 1.74. The third kappa shape index (κ3) is 3.14. The number of carbonyl (C=O) groups is 1. The van der Waals surface area contributed by atoms with Crippen molar-refractivity contribution in [1.29, 1.82) is 0 Å². The number of carbonyl (C=O) groups excluding carboxylic acids is 1. The molecule has 8 heteroatoms. The zero-order chi connectivity index (χ0) is 21.4. The smallest absolute Gasteiger partial charge is 0.211 e. The second-order valence-electron chi connectivity index (χ2n) is 6.90. The van der Waals surface area contributed by atoms with Gasteiger partial charge >= 0.3 is 0 Å². The van der Waals surface area contributed by atoms with Gasteiger partial charge in [-0.25, -0.2) is 0 Å². The summed E-state index contributed by atoms with van der Waals surface area (Å²) in [6.45, 7) is 0. The molecule has 152 valence electrons. The van der Waals surface area contributed by atoms with E-state index in [4.69, 9.17) is 9.47 Å². The minimum atomic E-state index is -0.192. The molecule has 2 aromatic heterocycles. The summed E-state index contributed by atoms with van der Waals surface area (Å²) in [5.74, 6) is 1.20. The number of methoxy groups -OCH3 is 2. The number of ketones is 1. The van der Waals surface area contributed by atoms with Gasteiger partial charge in [0, 0.05) is 28.1 Å². The third-order valence-corrected chi connectivity index (χ3v) is 5.20. The summed E-state index contributed by atoms with van der Waals surface area (Å²) in [5, 5.41) is 17.6. The topological polar surface area (TPSA) is 103 Å². The maximum atomic E-state index is 13.5. The number of hydrogen-bond acceptors (Lipinski definition) is 7. The molecule has 0 saturated carbocycles. The number of H-pyrrole nitrogens is 1. The number of nitrogens with one attached hydrogen (secondary N) is 1. The molecule has 31 heavy (non-hydrogen) atoms. The lowest BCUT2D eigenvalue weighted by molar-refractivity contribution is 0.103. The van der Waals surface area contributed by atoms with Crippen molar-refractivity contribution >= 4 is 27.3 Å². The van der Waals surface area contributed by atoms with E-state index in [1.54, 1.807) is 32.5 Å². The Bertz CT molecular complexity index is 1430. The average molecular weight is 411 g/mol. The van der Waals surface area contributed by atoms with Crippen LogP contribution in [0.1, 0.15) is 16.1 Å².